The maximum Gasteiger partial charge on any atom is 0.202 e. The number of ketones is 1. The first-order chi connectivity index (χ1) is 7.18. The van der Waals surface area contributed by atoms with Crippen molar-refractivity contribution in [1.29, 1.82) is 0 Å². The maximum atomic E-state index is 12.0. The van der Waals surface area contributed by atoms with Crippen LogP contribution >= 0.6 is 27.3 Å². The van der Waals surface area contributed by atoms with Crippen LogP contribution in [0.5, 0.6) is 0 Å². The van der Waals surface area contributed by atoms with E-state index in [-0.39, 0.29) is 5.78 Å². The molecule has 0 N–H and O–H groups in total. The summed E-state index contributed by atoms with van der Waals surface area (Å²) < 4.78 is 6.20. The molecular weight excluding hydrogens is 276 g/mol. The van der Waals surface area contributed by atoms with Crippen LogP contribution in [-0.2, 0) is 4.74 Å². The Morgan fingerprint density at radius 2 is 2.40 bits per heavy atom. The minimum Gasteiger partial charge on any atom is -0.501 e. The van der Waals surface area contributed by atoms with E-state index in [9.17, 15) is 4.79 Å². The van der Waals surface area contributed by atoms with Crippen molar-refractivity contribution in [3.63, 3.8) is 0 Å². The van der Waals surface area contributed by atoms with Gasteiger partial charge in [0.25, 0.3) is 0 Å². The van der Waals surface area contributed by atoms with Crippen molar-refractivity contribution in [2.24, 2.45) is 0 Å². The lowest BCUT2D eigenvalue weighted by molar-refractivity contribution is 0.101. The zero-order valence-corrected chi connectivity index (χ0v) is 10.8. The average Bonchev–Trinajstić information content (AvgIpc) is 2.59. The van der Waals surface area contributed by atoms with Crippen LogP contribution in [-0.4, -0.2) is 12.4 Å². The number of Topliss-reactive ketones (excluding diaryl/α,β-unsaturated/α-hetero) is 1. The molecule has 2 heterocycles. The van der Waals surface area contributed by atoms with E-state index in [2.05, 4.69) is 15.9 Å². The van der Waals surface area contributed by atoms with E-state index in [1.165, 1.54) is 11.3 Å². The summed E-state index contributed by atoms with van der Waals surface area (Å²) in [6.45, 7) is 2.72. The van der Waals surface area contributed by atoms with E-state index < -0.39 is 0 Å². The predicted octanol–water partition coefficient (Wildman–Crippen LogP) is 3.70. The average molecular weight is 287 g/mol. The van der Waals surface area contributed by atoms with E-state index in [0.29, 0.717) is 0 Å². The Kier molecular flexibility index (Phi) is 3.26. The van der Waals surface area contributed by atoms with Gasteiger partial charge in [-0.2, -0.15) is 0 Å². The van der Waals surface area contributed by atoms with Gasteiger partial charge in [-0.05, 0) is 47.3 Å². The number of rotatable bonds is 2. The van der Waals surface area contributed by atoms with Gasteiger partial charge in [0, 0.05) is 5.57 Å². The molecule has 0 aromatic carbocycles. The third-order valence-electron chi connectivity index (χ3n) is 2.31. The summed E-state index contributed by atoms with van der Waals surface area (Å²) in [7, 11) is 0. The van der Waals surface area contributed by atoms with Crippen LogP contribution in [0.15, 0.2) is 21.7 Å². The molecule has 4 heteroatoms. The number of ether oxygens (including phenoxy) is 1. The van der Waals surface area contributed by atoms with Gasteiger partial charge in [0.1, 0.15) is 0 Å². The number of carbonyl (C=O) groups is 1. The number of carbonyl (C=O) groups excluding carboxylic acids is 1. The van der Waals surface area contributed by atoms with Crippen molar-refractivity contribution in [2.45, 2.75) is 19.8 Å². The van der Waals surface area contributed by atoms with Crippen LogP contribution in [0.4, 0.5) is 0 Å². The Morgan fingerprint density at radius 3 is 2.93 bits per heavy atom. The Morgan fingerprint density at radius 1 is 1.60 bits per heavy atom. The van der Waals surface area contributed by atoms with Crippen molar-refractivity contribution in [3.05, 3.63) is 32.1 Å². The van der Waals surface area contributed by atoms with Crippen molar-refractivity contribution in [3.8, 4) is 0 Å². The Balaban J connectivity index is 2.23. The van der Waals surface area contributed by atoms with E-state index >= 15 is 0 Å². The van der Waals surface area contributed by atoms with Crippen LogP contribution < -0.4 is 0 Å². The molecule has 2 rings (SSSR count). The molecule has 2 nitrogen and oxygen atoms in total. The second-order valence-corrected chi connectivity index (χ2v) is 5.88. The molecule has 0 bridgehead atoms. The lowest BCUT2D eigenvalue weighted by Gasteiger charge is -2.11. The minimum atomic E-state index is 0.105. The van der Waals surface area contributed by atoms with Gasteiger partial charge in [-0.25, -0.2) is 0 Å². The van der Waals surface area contributed by atoms with Gasteiger partial charge >= 0.3 is 0 Å². The maximum absolute atomic E-state index is 12.0. The number of thiophene rings is 1. The SMILES string of the molecule is Cc1cc(C(=O)C2=COCCC2)sc1Br. The van der Waals surface area contributed by atoms with Crippen LogP contribution in [0.25, 0.3) is 0 Å². The lowest BCUT2D eigenvalue weighted by atomic mass is 10.0. The van der Waals surface area contributed by atoms with Crippen LogP contribution in [0.2, 0.25) is 0 Å². The molecule has 15 heavy (non-hydrogen) atoms. The quantitative estimate of drug-likeness (QED) is 0.775. The van der Waals surface area contributed by atoms with Gasteiger partial charge in [0.05, 0.1) is 21.5 Å². The summed E-state index contributed by atoms with van der Waals surface area (Å²) in [6, 6.07) is 1.92. The van der Waals surface area contributed by atoms with E-state index in [1.807, 2.05) is 13.0 Å². The number of aryl methyl sites for hydroxylation is 1. The standard InChI is InChI=1S/C11H11BrO2S/c1-7-5-9(15-11(7)12)10(13)8-3-2-4-14-6-8/h5-6H,2-4H2,1H3. The fraction of sp³-hybridized carbons (Fsp3) is 0.364. The number of hydrogen-bond acceptors (Lipinski definition) is 3. The third kappa shape index (κ3) is 2.32. The monoisotopic (exact) mass is 286 g/mol. The van der Waals surface area contributed by atoms with Gasteiger partial charge < -0.3 is 4.74 Å². The second-order valence-electron chi connectivity index (χ2n) is 3.51. The van der Waals surface area contributed by atoms with Crippen LogP contribution in [0, 0.1) is 6.92 Å². The smallest absolute Gasteiger partial charge is 0.202 e. The molecule has 0 spiro atoms. The van der Waals surface area contributed by atoms with Crippen LogP contribution in [0.1, 0.15) is 28.1 Å². The van der Waals surface area contributed by atoms with Crippen molar-refractivity contribution in [1.82, 2.24) is 0 Å². The van der Waals surface area contributed by atoms with Gasteiger partial charge in [-0.3, -0.25) is 4.79 Å². The summed E-state index contributed by atoms with van der Waals surface area (Å²) in [5, 5.41) is 0. The zero-order valence-electron chi connectivity index (χ0n) is 8.38. The highest BCUT2D eigenvalue weighted by atomic mass is 79.9. The van der Waals surface area contributed by atoms with Crippen molar-refractivity contribution < 1.29 is 9.53 Å². The molecule has 1 aromatic rings. The normalized spacial score (nSPS) is 15.7. The summed E-state index contributed by atoms with van der Waals surface area (Å²) in [4.78, 5) is 12.8. The largest absolute Gasteiger partial charge is 0.501 e. The summed E-state index contributed by atoms with van der Waals surface area (Å²) in [5.41, 5.74) is 1.90. The molecular formula is C11H11BrO2S. The fourth-order valence-electron chi connectivity index (χ4n) is 1.46. The zero-order chi connectivity index (χ0) is 10.8. The van der Waals surface area contributed by atoms with Gasteiger partial charge in [0.2, 0.25) is 5.78 Å². The molecule has 1 aliphatic rings. The molecule has 1 aliphatic heterocycles. The molecule has 0 fully saturated rings. The lowest BCUT2D eigenvalue weighted by Crippen LogP contribution is -2.07. The first-order valence-electron chi connectivity index (χ1n) is 4.80. The Labute approximate surface area is 101 Å². The summed E-state index contributed by atoms with van der Waals surface area (Å²) >= 11 is 4.91. The molecule has 80 valence electrons. The highest BCUT2D eigenvalue weighted by Gasteiger charge is 2.18. The molecule has 0 unspecified atom stereocenters. The van der Waals surface area contributed by atoms with Crippen molar-refractivity contribution in [2.75, 3.05) is 6.61 Å². The Bertz CT molecular complexity index is 401. The summed E-state index contributed by atoms with van der Waals surface area (Å²) in [5.74, 6) is 0.105. The van der Waals surface area contributed by atoms with Crippen molar-refractivity contribution >= 4 is 33.0 Å². The highest BCUT2D eigenvalue weighted by molar-refractivity contribution is 9.11. The second kappa shape index (κ2) is 4.49. The fourth-order valence-corrected chi connectivity index (χ4v) is 2.97. The van der Waals surface area contributed by atoms with Crippen LogP contribution in [0.3, 0.4) is 0 Å². The molecule has 1 aromatic heterocycles. The highest BCUT2D eigenvalue weighted by Crippen LogP contribution is 2.30. The summed E-state index contributed by atoms with van der Waals surface area (Å²) in [6.07, 6.45) is 3.37. The minimum absolute atomic E-state index is 0.105. The third-order valence-corrected chi connectivity index (χ3v) is 4.44. The number of halogens is 1. The molecule has 0 saturated heterocycles. The molecule has 0 aliphatic carbocycles. The van der Waals surface area contributed by atoms with E-state index in [4.69, 9.17) is 4.74 Å². The molecule has 0 atom stereocenters. The Hall–Kier alpha value is -0.610. The molecule has 0 saturated carbocycles. The molecule has 0 amide bonds. The van der Waals surface area contributed by atoms with Gasteiger partial charge in [-0.1, -0.05) is 0 Å². The van der Waals surface area contributed by atoms with E-state index in [0.717, 1.165) is 39.2 Å². The van der Waals surface area contributed by atoms with Gasteiger partial charge in [0.15, 0.2) is 0 Å². The number of hydrogen-bond donors (Lipinski definition) is 0. The molecule has 0 radical (unpaired) electrons. The van der Waals surface area contributed by atoms with E-state index in [1.54, 1.807) is 6.26 Å². The first-order valence-corrected chi connectivity index (χ1v) is 6.40. The number of allylic oxidation sites excluding steroid dienone is 1. The topological polar surface area (TPSA) is 26.3 Å². The first kappa shape index (κ1) is 10.9. The van der Waals surface area contributed by atoms with Gasteiger partial charge in [-0.15, -0.1) is 11.3 Å². The predicted molar refractivity (Wildman–Crippen MR) is 64.4 cm³/mol.